The number of hydrogen-bond donors (Lipinski definition) is 1. The predicted molar refractivity (Wildman–Crippen MR) is 96.0 cm³/mol. The van der Waals surface area contributed by atoms with E-state index in [1.165, 1.54) is 0 Å². The molecule has 0 fully saturated rings. The lowest BCUT2D eigenvalue weighted by Crippen LogP contribution is -2.26. The first-order valence-electron chi connectivity index (χ1n) is 8.35. The van der Waals surface area contributed by atoms with Gasteiger partial charge in [-0.15, -0.1) is 0 Å². The zero-order chi connectivity index (χ0) is 18.0. The number of aromatic nitrogens is 3. The molecule has 0 unspecified atom stereocenters. The Labute approximate surface area is 145 Å². The Balaban J connectivity index is 1.81. The van der Waals surface area contributed by atoms with Crippen LogP contribution in [0, 0.1) is 0 Å². The minimum Gasteiger partial charge on any atom is -0.379 e. The van der Waals surface area contributed by atoms with E-state index in [-0.39, 0.29) is 17.6 Å². The number of carbonyl (C=O) groups excluding carboxylic acids is 1. The summed E-state index contributed by atoms with van der Waals surface area (Å²) in [7, 11) is 1.70. The Kier molecular flexibility index (Phi) is 4.85. The summed E-state index contributed by atoms with van der Waals surface area (Å²) in [6.45, 7) is 5.12. The van der Waals surface area contributed by atoms with Crippen molar-refractivity contribution in [2.75, 3.05) is 13.2 Å². The molecule has 7 nitrogen and oxygen atoms in total. The van der Waals surface area contributed by atoms with Crippen LogP contribution in [0.25, 0.3) is 16.6 Å². The van der Waals surface area contributed by atoms with Crippen LogP contribution in [0.3, 0.4) is 0 Å². The van der Waals surface area contributed by atoms with Gasteiger partial charge in [-0.1, -0.05) is 0 Å². The van der Waals surface area contributed by atoms with E-state index in [1.807, 2.05) is 19.9 Å². The Morgan fingerprint density at radius 1 is 1.24 bits per heavy atom. The van der Waals surface area contributed by atoms with E-state index in [4.69, 9.17) is 4.74 Å². The molecular weight excluding hydrogens is 320 g/mol. The third-order valence-corrected chi connectivity index (χ3v) is 4.05. The summed E-state index contributed by atoms with van der Waals surface area (Å²) < 4.78 is 8.59. The van der Waals surface area contributed by atoms with E-state index in [9.17, 15) is 9.59 Å². The number of nitrogens with zero attached hydrogens (tertiary/aromatic N) is 3. The zero-order valence-corrected chi connectivity index (χ0v) is 14.7. The minimum absolute atomic E-state index is 0.145. The normalized spacial score (nSPS) is 11.5. The van der Waals surface area contributed by atoms with Crippen molar-refractivity contribution in [3.05, 3.63) is 46.4 Å². The van der Waals surface area contributed by atoms with Gasteiger partial charge in [-0.3, -0.25) is 9.59 Å². The minimum atomic E-state index is -0.167. The molecule has 0 atom stereocenters. The van der Waals surface area contributed by atoms with Crippen LogP contribution in [0.2, 0.25) is 0 Å². The molecule has 3 rings (SSSR count). The number of benzene rings is 1. The molecule has 0 aliphatic rings. The van der Waals surface area contributed by atoms with Crippen molar-refractivity contribution >= 4 is 22.5 Å². The van der Waals surface area contributed by atoms with Crippen molar-refractivity contribution in [1.29, 1.82) is 0 Å². The first-order valence-corrected chi connectivity index (χ1v) is 8.35. The molecule has 1 aromatic carbocycles. The zero-order valence-electron chi connectivity index (χ0n) is 14.7. The highest BCUT2D eigenvalue weighted by molar-refractivity contribution is 5.97. The first-order chi connectivity index (χ1) is 12.0. The molecule has 7 heteroatoms. The smallest absolute Gasteiger partial charge is 0.276 e. The number of hydrogen-bond acceptors (Lipinski definition) is 4. The van der Waals surface area contributed by atoms with Crippen LogP contribution < -0.4 is 10.9 Å². The van der Waals surface area contributed by atoms with Crippen LogP contribution in [0.15, 0.2) is 35.3 Å². The Morgan fingerprint density at radius 3 is 2.80 bits per heavy atom. The molecule has 1 amide bonds. The van der Waals surface area contributed by atoms with Crippen molar-refractivity contribution in [2.24, 2.45) is 7.05 Å². The van der Waals surface area contributed by atoms with Crippen molar-refractivity contribution < 1.29 is 9.53 Å². The highest BCUT2D eigenvalue weighted by atomic mass is 16.5. The quantitative estimate of drug-likeness (QED) is 0.692. The van der Waals surface area contributed by atoms with Gasteiger partial charge in [-0.25, -0.2) is 4.52 Å². The number of carbonyl (C=O) groups is 1. The van der Waals surface area contributed by atoms with Gasteiger partial charge in [0.25, 0.3) is 11.5 Å². The van der Waals surface area contributed by atoms with Crippen molar-refractivity contribution in [2.45, 2.75) is 26.4 Å². The third-order valence-electron chi connectivity index (χ3n) is 4.05. The number of ether oxygens (including phenoxy) is 1. The van der Waals surface area contributed by atoms with Gasteiger partial charge in [0.15, 0.2) is 0 Å². The molecule has 132 valence electrons. The van der Waals surface area contributed by atoms with Gasteiger partial charge < -0.3 is 14.6 Å². The van der Waals surface area contributed by atoms with Crippen LogP contribution in [0.5, 0.6) is 0 Å². The van der Waals surface area contributed by atoms with E-state index in [2.05, 4.69) is 10.4 Å². The van der Waals surface area contributed by atoms with Gasteiger partial charge in [0.2, 0.25) is 0 Å². The van der Waals surface area contributed by atoms with Crippen LogP contribution in [-0.2, 0) is 11.8 Å². The van der Waals surface area contributed by atoms with E-state index >= 15 is 0 Å². The summed E-state index contributed by atoms with van der Waals surface area (Å²) in [5.41, 5.74) is 2.32. The van der Waals surface area contributed by atoms with Crippen LogP contribution in [0.1, 0.15) is 30.6 Å². The maximum Gasteiger partial charge on any atom is 0.276 e. The molecule has 2 aromatic heterocycles. The fourth-order valence-corrected chi connectivity index (χ4v) is 2.75. The molecule has 0 saturated heterocycles. The van der Waals surface area contributed by atoms with Gasteiger partial charge in [0, 0.05) is 25.8 Å². The fourth-order valence-electron chi connectivity index (χ4n) is 2.75. The lowest BCUT2D eigenvalue weighted by Gasteiger charge is -2.10. The number of aryl methyl sites for hydroxylation is 1. The molecule has 0 aliphatic carbocycles. The summed E-state index contributed by atoms with van der Waals surface area (Å²) >= 11 is 0. The summed E-state index contributed by atoms with van der Waals surface area (Å²) in [6, 6.07) is 6.96. The maximum absolute atomic E-state index is 12.4. The van der Waals surface area contributed by atoms with Gasteiger partial charge in [0.05, 0.1) is 23.3 Å². The standard InChI is InChI=1S/C18H22N4O3/c1-12(2)25-10-4-8-19-17(23)13-5-6-14-16(11-13)21(3)18(24)15-7-9-20-22(14)15/h5-7,9,11-12H,4,8,10H2,1-3H3,(H,19,23). The lowest BCUT2D eigenvalue weighted by molar-refractivity contribution is 0.0757. The monoisotopic (exact) mass is 342 g/mol. The highest BCUT2D eigenvalue weighted by Gasteiger charge is 2.12. The fraction of sp³-hybridized carbons (Fsp3) is 0.389. The first kappa shape index (κ1) is 17.2. The molecule has 3 aromatic rings. The maximum atomic E-state index is 12.4. The number of rotatable bonds is 6. The summed E-state index contributed by atoms with van der Waals surface area (Å²) in [5.74, 6) is -0.167. The van der Waals surface area contributed by atoms with E-state index in [0.717, 1.165) is 11.9 Å². The van der Waals surface area contributed by atoms with E-state index < -0.39 is 0 Å². The van der Waals surface area contributed by atoms with Crippen LogP contribution in [-0.4, -0.2) is 39.3 Å². The highest BCUT2D eigenvalue weighted by Crippen LogP contribution is 2.15. The number of fused-ring (bicyclic) bond motifs is 3. The van der Waals surface area contributed by atoms with Gasteiger partial charge in [-0.2, -0.15) is 5.10 Å². The molecule has 0 spiro atoms. The third kappa shape index (κ3) is 3.41. The van der Waals surface area contributed by atoms with Crippen molar-refractivity contribution in [1.82, 2.24) is 19.5 Å². The SMILES string of the molecule is CC(C)OCCCNC(=O)c1ccc2c(c1)n(C)c(=O)c1ccnn12. The second-order valence-corrected chi connectivity index (χ2v) is 6.22. The molecule has 2 heterocycles. The summed E-state index contributed by atoms with van der Waals surface area (Å²) in [4.78, 5) is 24.7. The van der Waals surface area contributed by atoms with Crippen molar-refractivity contribution in [3.63, 3.8) is 0 Å². The Bertz CT molecular complexity index is 972. The Hall–Kier alpha value is -2.67. The number of nitrogens with one attached hydrogen (secondary N) is 1. The lowest BCUT2D eigenvalue weighted by atomic mass is 10.1. The molecule has 25 heavy (non-hydrogen) atoms. The molecule has 0 saturated carbocycles. The van der Waals surface area contributed by atoms with Crippen LogP contribution >= 0.6 is 0 Å². The number of amides is 1. The second kappa shape index (κ2) is 7.06. The molecule has 0 bridgehead atoms. The van der Waals surface area contributed by atoms with Gasteiger partial charge in [-0.05, 0) is 44.5 Å². The second-order valence-electron chi connectivity index (χ2n) is 6.22. The van der Waals surface area contributed by atoms with E-state index in [1.54, 1.807) is 40.5 Å². The van der Waals surface area contributed by atoms with Gasteiger partial charge in [0.1, 0.15) is 5.52 Å². The Morgan fingerprint density at radius 2 is 2.04 bits per heavy atom. The summed E-state index contributed by atoms with van der Waals surface area (Å²) in [5, 5.41) is 7.07. The predicted octanol–water partition coefficient (Wildman–Crippen LogP) is 1.73. The van der Waals surface area contributed by atoms with Crippen molar-refractivity contribution in [3.8, 4) is 0 Å². The average Bonchev–Trinajstić information content (AvgIpc) is 3.08. The topological polar surface area (TPSA) is 77.6 Å². The molecule has 1 N–H and O–H groups in total. The van der Waals surface area contributed by atoms with Gasteiger partial charge >= 0.3 is 0 Å². The average molecular weight is 342 g/mol. The molecule has 0 radical (unpaired) electrons. The van der Waals surface area contributed by atoms with Crippen LogP contribution in [0.4, 0.5) is 0 Å². The largest absolute Gasteiger partial charge is 0.379 e. The summed E-state index contributed by atoms with van der Waals surface area (Å²) in [6.07, 6.45) is 2.54. The molecular formula is C18H22N4O3. The molecule has 0 aliphatic heterocycles. The van der Waals surface area contributed by atoms with E-state index in [0.29, 0.717) is 29.7 Å².